The Balaban J connectivity index is 1.85. The minimum atomic E-state index is -0.267. The van der Waals surface area contributed by atoms with Gasteiger partial charge in [0.25, 0.3) is 0 Å². The quantitative estimate of drug-likeness (QED) is 0.786. The van der Waals surface area contributed by atoms with E-state index in [4.69, 9.17) is 0 Å². The van der Waals surface area contributed by atoms with Crippen molar-refractivity contribution in [3.05, 3.63) is 58.8 Å². The largest absolute Gasteiger partial charge is 0.323 e. The zero-order chi connectivity index (χ0) is 14.8. The average Bonchev–Trinajstić information content (AvgIpc) is 2.91. The van der Waals surface area contributed by atoms with Gasteiger partial charge >= 0.3 is 0 Å². The van der Waals surface area contributed by atoms with Crippen molar-refractivity contribution >= 4 is 27.6 Å². The lowest BCUT2D eigenvalue weighted by Crippen LogP contribution is -1.99. The van der Waals surface area contributed by atoms with Crippen LogP contribution in [0.15, 0.2) is 47.5 Å². The first kappa shape index (κ1) is 13.7. The molecule has 5 nitrogen and oxygen atoms in total. The first-order valence-electron chi connectivity index (χ1n) is 6.17. The fourth-order valence-corrected chi connectivity index (χ4v) is 2.21. The van der Waals surface area contributed by atoms with E-state index < -0.39 is 0 Å². The van der Waals surface area contributed by atoms with Crippen molar-refractivity contribution in [3.8, 4) is 5.69 Å². The molecule has 3 aromatic rings. The highest BCUT2D eigenvalue weighted by atomic mass is 79.9. The molecule has 0 unspecified atom stereocenters. The second kappa shape index (κ2) is 5.61. The second-order valence-corrected chi connectivity index (χ2v) is 5.37. The highest BCUT2D eigenvalue weighted by Gasteiger charge is 2.06. The molecule has 0 bridgehead atoms. The highest BCUT2D eigenvalue weighted by molar-refractivity contribution is 9.10. The van der Waals surface area contributed by atoms with Gasteiger partial charge in [-0.25, -0.2) is 9.07 Å². The molecule has 7 heteroatoms. The summed E-state index contributed by atoms with van der Waals surface area (Å²) in [6, 6.07) is 6.39. The molecule has 0 aliphatic heterocycles. The SMILES string of the molecule is Cc1cc(F)ccc1Nc1ncn(-c2cncc(Br)c2)n1. The van der Waals surface area contributed by atoms with Gasteiger partial charge < -0.3 is 5.32 Å². The van der Waals surface area contributed by atoms with Gasteiger partial charge in [0.15, 0.2) is 0 Å². The van der Waals surface area contributed by atoms with Gasteiger partial charge in [-0.1, -0.05) is 0 Å². The van der Waals surface area contributed by atoms with Crippen LogP contribution in [0.1, 0.15) is 5.56 Å². The maximum absolute atomic E-state index is 13.1. The van der Waals surface area contributed by atoms with Crippen molar-refractivity contribution in [2.24, 2.45) is 0 Å². The van der Waals surface area contributed by atoms with E-state index >= 15 is 0 Å². The van der Waals surface area contributed by atoms with Crippen LogP contribution < -0.4 is 5.32 Å². The van der Waals surface area contributed by atoms with Gasteiger partial charge in [0.2, 0.25) is 5.95 Å². The Morgan fingerprint density at radius 1 is 1.24 bits per heavy atom. The third-order valence-corrected chi connectivity index (χ3v) is 3.32. The Hall–Kier alpha value is -2.28. The van der Waals surface area contributed by atoms with Crippen molar-refractivity contribution in [2.45, 2.75) is 6.92 Å². The van der Waals surface area contributed by atoms with Crippen LogP contribution in [-0.2, 0) is 0 Å². The van der Waals surface area contributed by atoms with Crippen LogP contribution in [0.25, 0.3) is 5.69 Å². The molecule has 0 aliphatic carbocycles. The van der Waals surface area contributed by atoms with E-state index in [0.29, 0.717) is 5.95 Å². The topological polar surface area (TPSA) is 55.6 Å². The van der Waals surface area contributed by atoms with Crippen LogP contribution in [-0.4, -0.2) is 19.7 Å². The van der Waals surface area contributed by atoms with Crippen molar-refractivity contribution in [1.29, 1.82) is 0 Å². The number of rotatable bonds is 3. The summed E-state index contributed by atoms with van der Waals surface area (Å²) >= 11 is 3.36. The summed E-state index contributed by atoms with van der Waals surface area (Å²) < 4.78 is 15.5. The van der Waals surface area contributed by atoms with E-state index in [1.165, 1.54) is 12.1 Å². The smallest absolute Gasteiger partial charge is 0.246 e. The molecule has 0 amide bonds. The van der Waals surface area contributed by atoms with Crippen molar-refractivity contribution in [2.75, 3.05) is 5.32 Å². The summed E-state index contributed by atoms with van der Waals surface area (Å²) in [6.45, 7) is 1.82. The van der Waals surface area contributed by atoms with Gasteiger partial charge in [0.1, 0.15) is 12.1 Å². The standard InChI is InChI=1S/C14H11BrFN5/c1-9-4-11(16)2-3-13(9)19-14-18-8-21(20-14)12-5-10(15)6-17-7-12/h2-8H,1H3,(H,19,20). The fourth-order valence-electron chi connectivity index (χ4n) is 1.86. The van der Waals surface area contributed by atoms with Gasteiger partial charge in [-0.05, 0) is 52.7 Å². The molecule has 0 spiro atoms. The summed E-state index contributed by atoms with van der Waals surface area (Å²) in [6.07, 6.45) is 4.97. The third-order valence-electron chi connectivity index (χ3n) is 2.88. The molecular weight excluding hydrogens is 337 g/mol. The number of hydrogen-bond acceptors (Lipinski definition) is 4. The maximum atomic E-state index is 13.1. The number of pyridine rings is 1. The molecule has 0 fully saturated rings. The molecule has 3 rings (SSSR count). The Morgan fingerprint density at radius 3 is 2.86 bits per heavy atom. The maximum Gasteiger partial charge on any atom is 0.246 e. The van der Waals surface area contributed by atoms with Crippen LogP contribution >= 0.6 is 15.9 Å². The van der Waals surface area contributed by atoms with Crippen LogP contribution in [0.3, 0.4) is 0 Å². The number of aryl methyl sites for hydroxylation is 1. The average molecular weight is 348 g/mol. The number of anilines is 2. The van der Waals surface area contributed by atoms with Gasteiger partial charge in [-0.3, -0.25) is 4.98 Å². The van der Waals surface area contributed by atoms with Crippen LogP contribution in [0, 0.1) is 12.7 Å². The Morgan fingerprint density at radius 2 is 2.10 bits per heavy atom. The first-order valence-corrected chi connectivity index (χ1v) is 6.97. The molecule has 21 heavy (non-hydrogen) atoms. The molecule has 0 radical (unpaired) electrons. The first-order chi connectivity index (χ1) is 10.1. The van der Waals surface area contributed by atoms with E-state index in [0.717, 1.165) is 21.4 Å². The predicted molar refractivity (Wildman–Crippen MR) is 81.3 cm³/mol. The fraction of sp³-hybridized carbons (Fsp3) is 0.0714. The van der Waals surface area contributed by atoms with Crippen molar-refractivity contribution < 1.29 is 4.39 Å². The number of hydrogen-bond donors (Lipinski definition) is 1. The van der Waals surface area contributed by atoms with E-state index in [2.05, 4.69) is 36.3 Å². The van der Waals surface area contributed by atoms with Gasteiger partial charge in [-0.2, -0.15) is 4.98 Å². The van der Waals surface area contributed by atoms with Crippen LogP contribution in [0.4, 0.5) is 16.0 Å². The minimum Gasteiger partial charge on any atom is -0.323 e. The summed E-state index contributed by atoms with van der Waals surface area (Å²) in [7, 11) is 0. The zero-order valence-corrected chi connectivity index (χ0v) is 12.7. The molecular formula is C14H11BrFN5. The number of halogens is 2. The zero-order valence-electron chi connectivity index (χ0n) is 11.1. The summed E-state index contributed by atoms with van der Waals surface area (Å²) in [5.41, 5.74) is 2.35. The molecule has 2 heterocycles. The number of nitrogens with zero attached hydrogens (tertiary/aromatic N) is 4. The highest BCUT2D eigenvalue weighted by Crippen LogP contribution is 2.19. The molecule has 0 atom stereocenters. The lowest BCUT2D eigenvalue weighted by Gasteiger charge is -2.05. The monoisotopic (exact) mass is 347 g/mol. The Bertz CT molecular complexity index is 787. The molecule has 0 saturated heterocycles. The second-order valence-electron chi connectivity index (χ2n) is 4.46. The van der Waals surface area contributed by atoms with E-state index in [1.54, 1.807) is 29.5 Å². The molecule has 1 aromatic carbocycles. The summed E-state index contributed by atoms with van der Waals surface area (Å²) in [4.78, 5) is 8.27. The molecule has 1 N–H and O–H groups in total. The molecule has 2 aromatic heterocycles. The van der Waals surface area contributed by atoms with Crippen molar-refractivity contribution in [3.63, 3.8) is 0 Å². The van der Waals surface area contributed by atoms with Crippen LogP contribution in [0.2, 0.25) is 0 Å². The van der Waals surface area contributed by atoms with Gasteiger partial charge in [0, 0.05) is 16.4 Å². The van der Waals surface area contributed by atoms with E-state index in [-0.39, 0.29) is 5.82 Å². The van der Waals surface area contributed by atoms with E-state index in [9.17, 15) is 4.39 Å². The predicted octanol–water partition coefficient (Wildman–Crippen LogP) is 3.62. The summed E-state index contributed by atoms with van der Waals surface area (Å²) in [5, 5.41) is 7.38. The van der Waals surface area contributed by atoms with E-state index in [1.807, 2.05) is 13.0 Å². The Kier molecular flexibility index (Phi) is 3.66. The molecule has 106 valence electrons. The van der Waals surface area contributed by atoms with Crippen LogP contribution in [0.5, 0.6) is 0 Å². The summed E-state index contributed by atoms with van der Waals surface area (Å²) in [5.74, 6) is 0.168. The third kappa shape index (κ3) is 3.08. The minimum absolute atomic E-state index is 0.267. The number of aromatic nitrogens is 4. The lowest BCUT2D eigenvalue weighted by atomic mass is 10.2. The normalized spacial score (nSPS) is 10.6. The lowest BCUT2D eigenvalue weighted by molar-refractivity contribution is 0.627. The number of benzene rings is 1. The van der Waals surface area contributed by atoms with Gasteiger partial charge in [-0.15, -0.1) is 5.10 Å². The molecule has 0 saturated carbocycles. The van der Waals surface area contributed by atoms with Gasteiger partial charge in [0.05, 0.1) is 11.9 Å². The Labute approximate surface area is 129 Å². The molecule has 0 aliphatic rings. The number of nitrogens with one attached hydrogen (secondary N) is 1. The van der Waals surface area contributed by atoms with Crippen molar-refractivity contribution in [1.82, 2.24) is 19.7 Å².